The number of carbonyl (C=O) groups excluding carboxylic acids is 2. The van der Waals surface area contributed by atoms with Crippen LogP contribution in [0.3, 0.4) is 0 Å². The van der Waals surface area contributed by atoms with E-state index in [4.69, 9.17) is 4.74 Å². The van der Waals surface area contributed by atoms with Crippen LogP contribution < -0.4 is 15.0 Å². The van der Waals surface area contributed by atoms with E-state index in [1.165, 1.54) is 10.5 Å². The van der Waals surface area contributed by atoms with E-state index in [1.54, 1.807) is 43.5 Å². The summed E-state index contributed by atoms with van der Waals surface area (Å²) in [6.07, 6.45) is 0. The van der Waals surface area contributed by atoms with Crippen molar-refractivity contribution in [1.29, 1.82) is 0 Å². The molecule has 0 fully saturated rings. The topological polar surface area (TPSA) is 58.6 Å². The van der Waals surface area contributed by atoms with Crippen molar-refractivity contribution in [2.24, 2.45) is 0 Å². The van der Waals surface area contributed by atoms with Crippen LogP contribution in [-0.4, -0.2) is 18.9 Å². The minimum atomic E-state index is -0.398. The predicted molar refractivity (Wildman–Crippen MR) is 123 cm³/mol. The lowest BCUT2D eigenvalue weighted by atomic mass is 10.0. The number of carbonyl (C=O) groups is 2. The number of hydrogen-bond acceptors (Lipinski definition) is 4. The first-order valence-corrected chi connectivity index (χ1v) is 10.2. The molecular weight excluding hydrogens is 388 g/mol. The maximum absolute atomic E-state index is 13.5. The maximum atomic E-state index is 13.5. The van der Waals surface area contributed by atoms with Crippen LogP contribution in [0.1, 0.15) is 30.9 Å². The number of rotatable bonds is 6. The third kappa shape index (κ3) is 3.82. The minimum Gasteiger partial charge on any atom is -0.496 e. The molecule has 31 heavy (non-hydrogen) atoms. The fourth-order valence-electron chi connectivity index (χ4n) is 3.65. The molecule has 0 spiro atoms. The summed E-state index contributed by atoms with van der Waals surface area (Å²) in [5, 5.41) is 3.20. The van der Waals surface area contributed by atoms with E-state index < -0.39 is 5.91 Å². The first-order chi connectivity index (χ1) is 15.0. The Hall–Kier alpha value is -3.86. The van der Waals surface area contributed by atoms with Gasteiger partial charge in [-0.3, -0.25) is 9.59 Å². The Morgan fingerprint density at radius 3 is 2.10 bits per heavy atom. The summed E-state index contributed by atoms with van der Waals surface area (Å²) < 4.78 is 5.48. The molecule has 2 amide bonds. The van der Waals surface area contributed by atoms with Gasteiger partial charge in [-0.1, -0.05) is 62.4 Å². The van der Waals surface area contributed by atoms with Crippen molar-refractivity contribution >= 4 is 28.8 Å². The molecule has 0 unspecified atom stereocenters. The highest BCUT2D eigenvalue weighted by Crippen LogP contribution is 2.37. The summed E-state index contributed by atoms with van der Waals surface area (Å²) in [7, 11) is 1.55. The van der Waals surface area contributed by atoms with E-state index in [1.807, 2.05) is 42.5 Å². The molecule has 3 aromatic rings. The Balaban J connectivity index is 1.82. The Kier molecular flexibility index (Phi) is 5.58. The van der Waals surface area contributed by atoms with Crippen LogP contribution in [0.5, 0.6) is 5.75 Å². The molecule has 0 saturated heterocycles. The molecule has 5 nitrogen and oxygen atoms in total. The second-order valence-electron chi connectivity index (χ2n) is 7.63. The van der Waals surface area contributed by atoms with Crippen molar-refractivity contribution < 1.29 is 14.3 Å². The number of para-hydroxylation sites is 2. The minimum absolute atomic E-state index is 0.232. The van der Waals surface area contributed by atoms with E-state index >= 15 is 0 Å². The summed E-state index contributed by atoms with van der Waals surface area (Å²) in [6.45, 7) is 4.25. The van der Waals surface area contributed by atoms with Gasteiger partial charge in [-0.25, -0.2) is 4.90 Å². The second-order valence-corrected chi connectivity index (χ2v) is 7.63. The number of amides is 2. The van der Waals surface area contributed by atoms with Crippen molar-refractivity contribution in [3.63, 3.8) is 0 Å². The quantitative estimate of drug-likeness (QED) is 0.564. The van der Waals surface area contributed by atoms with Crippen LogP contribution in [0.25, 0.3) is 5.57 Å². The molecule has 0 radical (unpaired) electrons. The standard InChI is InChI=1S/C26H24N2O3/c1-17(2)18-13-15-19(16-14-18)27-24-23(21-11-7-8-12-22(21)31-3)25(29)28(26(24)30)20-9-5-4-6-10-20/h4-17,27H,1-3H3. The van der Waals surface area contributed by atoms with Gasteiger partial charge in [0.1, 0.15) is 11.4 Å². The summed E-state index contributed by atoms with van der Waals surface area (Å²) in [4.78, 5) is 28.1. The molecule has 1 N–H and O–H groups in total. The summed E-state index contributed by atoms with van der Waals surface area (Å²) in [6, 6.07) is 24.0. The smallest absolute Gasteiger partial charge is 0.282 e. The summed E-state index contributed by atoms with van der Waals surface area (Å²) in [5.74, 6) is 0.149. The van der Waals surface area contributed by atoms with E-state index in [2.05, 4.69) is 19.2 Å². The van der Waals surface area contributed by atoms with Gasteiger partial charge in [-0.2, -0.15) is 0 Å². The zero-order valence-electron chi connectivity index (χ0n) is 17.8. The Morgan fingerprint density at radius 2 is 1.45 bits per heavy atom. The number of anilines is 2. The highest BCUT2D eigenvalue weighted by molar-refractivity contribution is 6.46. The van der Waals surface area contributed by atoms with E-state index in [9.17, 15) is 9.59 Å². The highest BCUT2D eigenvalue weighted by atomic mass is 16.5. The molecule has 5 heteroatoms. The second kappa shape index (κ2) is 8.48. The van der Waals surface area contributed by atoms with Crippen molar-refractivity contribution in [1.82, 2.24) is 0 Å². The molecule has 4 rings (SSSR count). The summed E-state index contributed by atoms with van der Waals surface area (Å²) >= 11 is 0. The Morgan fingerprint density at radius 1 is 0.806 bits per heavy atom. The molecular formula is C26H24N2O3. The van der Waals surface area contributed by atoms with Crippen LogP contribution in [0.2, 0.25) is 0 Å². The third-order valence-corrected chi connectivity index (χ3v) is 5.32. The molecule has 0 aliphatic carbocycles. The normalized spacial score (nSPS) is 13.9. The largest absolute Gasteiger partial charge is 0.496 e. The van der Waals surface area contributed by atoms with Gasteiger partial charge in [0, 0.05) is 11.3 Å². The zero-order chi connectivity index (χ0) is 22.0. The van der Waals surface area contributed by atoms with Crippen molar-refractivity contribution in [3.05, 3.63) is 95.7 Å². The SMILES string of the molecule is COc1ccccc1C1=C(Nc2ccc(C(C)C)cc2)C(=O)N(c2ccccc2)C1=O. The first kappa shape index (κ1) is 20.4. The first-order valence-electron chi connectivity index (χ1n) is 10.2. The van der Waals surface area contributed by atoms with Crippen LogP contribution in [0.4, 0.5) is 11.4 Å². The van der Waals surface area contributed by atoms with Gasteiger partial charge in [0.2, 0.25) is 0 Å². The van der Waals surface area contributed by atoms with Crippen LogP contribution in [0.15, 0.2) is 84.6 Å². The highest BCUT2D eigenvalue weighted by Gasteiger charge is 2.41. The van der Waals surface area contributed by atoms with Gasteiger partial charge < -0.3 is 10.1 Å². The van der Waals surface area contributed by atoms with Crippen molar-refractivity contribution in [3.8, 4) is 5.75 Å². The predicted octanol–water partition coefficient (Wildman–Crippen LogP) is 5.22. The van der Waals surface area contributed by atoms with Crippen LogP contribution in [-0.2, 0) is 9.59 Å². The fraction of sp³-hybridized carbons (Fsp3) is 0.154. The molecule has 0 atom stereocenters. The number of nitrogens with one attached hydrogen (secondary N) is 1. The molecule has 1 aliphatic rings. The number of imide groups is 1. The van der Waals surface area contributed by atoms with Gasteiger partial charge in [-0.15, -0.1) is 0 Å². The molecule has 0 aromatic heterocycles. The van der Waals surface area contributed by atoms with Gasteiger partial charge >= 0.3 is 0 Å². The van der Waals surface area contributed by atoms with Gasteiger partial charge in [0.15, 0.2) is 0 Å². The zero-order valence-corrected chi connectivity index (χ0v) is 17.8. The molecule has 1 heterocycles. The third-order valence-electron chi connectivity index (χ3n) is 5.32. The number of nitrogens with zero attached hydrogens (tertiary/aromatic N) is 1. The number of benzene rings is 3. The number of hydrogen-bond donors (Lipinski definition) is 1. The fourth-order valence-corrected chi connectivity index (χ4v) is 3.65. The molecule has 0 bridgehead atoms. The lowest BCUT2D eigenvalue weighted by Crippen LogP contribution is -2.32. The summed E-state index contributed by atoms with van der Waals surface area (Å²) in [5.41, 5.74) is 3.56. The number of methoxy groups -OCH3 is 1. The lowest BCUT2D eigenvalue weighted by Gasteiger charge is -2.15. The van der Waals surface area contributed by atoms with E-state index in [-0.39, 0.29) is 11.6 Å². The lowest BCUT2D eigenvalue weighted by molar-refractivity contribution is -0.120. The average molecular weight is 412 g/mol. The molecule has 1 aliphatic heterocycles. The van der Waals surface area contributed by atoms with Crippen molar-refractivity contribution in [2.75, 3.05) is 17.3 Å². The van der Waals surface area contributed by atoms with Crippen LogP contribution in [0, 0.1) is 0 Å². The number of ether oxygens (including phenoxy) is 1. The Labute approximate surface area is 182 Å². The average Bonchev–Trinajstić information content (AvgIpc) is 3.03. The maximum Gasteiger partial charge on any atom is 0.282 e. The van der Waals surface area contributed by atoms with E-state index in [0.717, 1.165) is 5.69 Å². The monoisotopic (exact) mass is 412 g/mol. The Bertz CT molecular complexity index is 1150. The van der Waals surface area contributed by atoms with Crippen LogP contribution >= 0.6 is 0 Å². The van der Waals surface area contributed by atoms with E-state index in [0.29, 0.717) is 28.5 Å². The van der Waals surface area contributed by atoms with Gasteiger partial charge in [0.25, 0.3) is 11.8 Å². The molecule has 0 saturated carbocycles. The molecule has 156 valence electrons. The van der Waals surface area contributed by atoms with Crippen molar-refractivity contribution in [2.45, 2.75) is 19.8 Å². The van der Waals surface area contributed by atoms with Gasteiger partial charge in [0.05, 0.1) is 18.4 Å². The molecule has 3 aromatic carbocycles. The van der Waals surface area contributed by atoms with Gasteiger partial charge in [-0.05, 0) is 41.8 Å².